The predicted molar refractivity (Wildman–Crippen MR) is 128 cm³/mol. The number of aryl methyl sites for hydroxylation is 1. The van der Waals surface area contributed by atoms with Crippen molar-refractivity contribution in [2.45, 2.75) is 46.1 Å². The highest BCUT2D eigenvalue weighted by molar-refractivity contribution is 14.0. The number of benzene rings is 1. The first kappa shape index (κ1) is 23.3. The SMILES string of the molecule is CCNC(=NCc1ccc(C)cc1OCC1CC1)NCC1CCCN(C)C1.I. The Morgan fingerprint density at radius 3 is 2.75 bits per heavy atom. The van der Waals surface area contributed by atoms with Crippen molar-refractivity contribution in [2.75, 3.05) is 39.8 Å². The fourth-order valence-electron chi connectivity index (χ4n) is 3.61. The van der Waals surface area contributed by atoms with Crippen LogP contribution in [0, 0.1) is 18.8 Å². The fraction of sp³-hybridized carbons (Fsp3) is 0.682. The molecule has 2 fully saturated rings. The summed E-state index contributed by atoms with van der Waals surface area (Å²) in [5.41, 5.74) is 2.40. The van der Waals surface area contributed by atoms with Crippen LogP contribution in [-0.2, 0) is 6.54 Å². The molecule has 1 aliphatic carbocycles. The van der Waals surface area contributed by atoms with Crippen LogP contribution in [0.25, 0.3) is 0 Å². The topological polar surface area (TPSA) is 48.9 Å². The van der Waals surface area contributed by atoms with Gasteiger partial charge in [0.25, 0.3) is 0 Å². The quantitative estimate of drug-likeness (QED) is 0.324. The summed E-state index contributed by atoms with van der Waals surface area (Å²) < 4.78 is 6.09. The Labute approximate surface area is 187 Å². The van der Waals surface area contributed by atoms with Crippen molar-refractivity contribution < 1.29 is 4.74 Å². The Balaban J connectivity index is 0.00000280. The minimum Gasteiger partial charge on any atom is -0.493 e. The van der Waals surface area contributed by atoms with E-state index in [1.165, 1.54) is 44.3 Å². The molecule has 2 aliphatic rings. The lowest BCUT2D eigenvalue weighted by molar-refractivity contribution is 0.210. The van der Waals surface area contributed by atoms with E-state index < -0.39 is 0 Å². The Bertz CT molecular complexity index is 633. The molecule has 2 N–H and O–H groups in total. The molecule has 0 bridgehead atoms. The molecule has 1 aliphatic heterocycles. The maximum absolute atomic E-state index is 6.09. The van der Waals surface area contributed by atoms with Gasteiger partial charge in [-0.05, 0) is 76.6 Å². The van der Waals surface area contributed by atoms with Crippen molar-refractivity contribution in [1.82, 2.24) is 15.5 Å². The molecule has 5 nitrogen and oxygen atoms in total. The van der Waals surface area contributed by atoms with Gasteiger partial charge in [-0.2, -0.15) is 0 Å². The van der Waals surface area contributed by atoms with Crippen LogP contribution in [0.2, 0.25) is 0 Å². The molecule has 1 saturated carbocycles. The lowest BCUT2D eigenvalue weighted by atomic mass is 9.99. The average Bonchev–Trinajstić information content (AvgIpc) is 3.48. The van der Waals surface area contributed by atoms with Gasteiger partial charge in [-0.25, -0.2) is 4.99 Å². The smallest absolute Gasteiger partial charge is 0.191 e. The molecule has 6 heteroatoms. The number of nitrogens with zero attached hydrogens (tertiary/aromatic N) is 2. The molecule has 1 heterocycles. The minimum absolute atomic E-state index is 0. The number of piperidine rings is 1. The molecule has 0 radical (unpaired) electrons. The number of likely N-dealkylation sites (tertiary alicyclic amines) is 1. The first-order valence-corrected chi connectivity index (χ1v) is 10.6. The molecular weight excluding hydrogens is 463 g/mol. The molecule has 1 atom stereocenters. The van der Waals surface area contributed by atoms with E-state index in [0.717, 1.165) is 42.9 Å². The molecular formula is C22H37IN4O. The van der Waals surface area contributed by atoms with Crippen molar-refractivity contribution in [3.05, 3.63) is 29.3 Å². The predicted octanol–water partition coefficient (Wildman–Crippen LogP) is 3.80. The van der Waals surface area contributed by atoms with Gasteiger partial charge in [-0.15, -0.1) is 24.0 Å². The third kappa shape index (κ3) is 7.78. The third-order valence-corrected chi connectivity index (χ3v) is 5.43. The zero-order chi connectivity index (χ0) is 19.1. The highest BCUT2D eigenvalue weighted by Crippen LogP contribution is 2.31. The van der Waals surface area contributed by atoms with Crippen LogP contribution < -0.4 is 15.4 Å². The molecule has 158 valence electrons. The van der Waals surface area contributed by atoms with Crippen LogP contribution in [0.5, 0.6) is 5.75 Å². The summed E-state index contributed by atoms with van der Waals surface area (Å²) >= 11 is 0. The van der Waals surface area contributed by atoms with E-state index in [2.05, 4.69) is 54.6 Å². The second-order valence-electron chi connectivity index (χ2n) is 8.21. The third-order valence-electron chi connectivity index (χ3n) is 5.43. The van der Waals surface area contributed by atoms with Gasteiger partial charge in [-0.1, -0.05) is 12.1 Å². The molecule has 0 aromatic heterocycles. The minimum atomic E-state index is 0. The zero-order valence-electron chi connectivity index (χ0n) is 17.7. The molecule has 1 unspecified atom stereocenters. The number of ether oxygens (including phenoxy) is 1. The summed E-state index contributed by atoms with van der Waals surface area (Å²) in [6.45, 7) is 9.95. The highest BCUT2D eigenvalue weighted by Gasteiger charge is 2.22. The summed E-state index contributed by atoms with van der Waals surface area (Å²) in [5, 5.41) is 6.92. The van der Waals surface area contributed by atoms with E-state index in [0.29, 0.717) is 12.5 Å². The summed E-state index contributed by atoms with van der Waals surface area (Å²) in [7, 11) is 2.21. The van der Waals surface area contributed by atoms with E-state index in [1.54, 1.807) is 0 Å². The maximum atomic E-state index is 6.09. The van der Waals surface area contributed by atoms with Crippen LogP contribution in [0.3, 0.4) is 0 Å². The van der Waals surface area contributed by atoms with Crippen molar-refractivity contribution in [3.63, 3.8) is 0 Å². The summed E-state index contributed by atoms with van der Waals surface area (Å²) in [4.78, 5) is 7.25. The number of aliphatic imine (C=N–C) groups is 1. The lowest BCUT2D eigenvalue weighted by Crippen LogP contribution is -2.43. The van der Waals surface area contributed by atoms with Crippen molar-refractivity contribution >= 4 is 29.9 Å². The molecule has 1 aromatic carbocycles. The normalized spacial score (nSPS) is 20.4. The van der Waals surface area contributed by atoms with E-state index in [4.69, 9.17) is 9.73 Å². The van der Waals surface area contributed by atoms with Gasteiger partial charge < -0.3 is 20.3 Å². The number of halogens is 1. The summed E-state index contributed by atoms with van der Waals surface area (Å²) in [6, 6.07) is 6.44. The van der Waals surface area contributed by atoms with Gasteiger partial charge in [0.05, 0.1) is 13.2 Å². The first-order valence-electron chi connectivity index (χ1n) is 10.6. The van der Waals surface area contributed by atoms with E-state index in [1.807, 2.05) is 0 Å². The molecule has 0 amide bonds. The standard InChI is InChI=1S/C22H36N4O.HI/c1-4-23-22(24-13-19-6-5-11-26(3)15-19)25-14-20-10-7-17(2)12-21(20)27-16-18-8-9-18;/h7,10,12,18-19H,4-6,8-9,11,13-16H2,1-3H3,(H2,23,24,25);1H. The number of hydrogen-bond acceptors (Lipinski definition) is 3. The average molecular weight is 500 g/mol. The van der Waals surface area contributed by atoms with Gasteiger partial charge in [0.2, 0.25) is 0 Å². The van der Waals surface area contributed by atoms with Crippen LogP contribution >= 0.6 is 24.0 Å². The number of rotatable bonds is 8. The van der Waals surface area contributed by atoms with Gasteiger partial charge in [0.15, 0.2) is 5.96 Å². The highest BCUT2D eigenvalue weighted by atomic mass is 127. The second-order valence-corrected chi connectivity index (χ2v) is 8.21. The van der Waals surface area contributed by atoms with E-state index in [-0.39, 0.29) is 24.0 Å². The second kappa shape index (κ2) is 11.9. The molecule has 1 saturated heterocycles. The van der Waals surface area contributed by atoms with Crippen LogP contribution in [-0.4, -0.2) is 50.7 Å². The van der Waals surface area contributed by atoms with E-state index in [9.17, 15) is 0 Å². The van der Waals surface area contributed by atoms with Crippen molar-refractivity contribution in [3.8, 4) is 5.75 Å². The molecule has 1 aromatic rings. The molecule has 3 rings (SSSR count). The van der Waals surface area contributed by atoms with Crippen molar-refractivity contribution in [2.24, 2.45) is 16.8 Å². The Kier molecular flexibility index (Phi) is 9.85. The first-order chi connectivity index (χ1) is 13.1. The Morgan fingerprint density at radius 1 is 1.21 bits per heavy atom. The van der Waals surface area contributed by atoms with E-state index >= 15 is 0 Å². The fourth-order valence-corrected chi connectivity index (χ4v) is 3.61. The number of nitrogens with one attached hydrogen (secondary N) is 2. The van der Waals surface area contributed by atoms with Gasteiger partial charge in [-0.3, -0.25) is 0 Å². The summed E-state index contributed by atoms with van der Waals surface area (Å²) in [5.74, 6) is 3.36. The van der Waals surface area contributed by atoms with Gasteiger partial charge >= 0.3 is 0 Å². The Morgan fingerprint density at radius 2 is 2.04 bits per heavy atom. The van der Waals surface area contributed by atoms with Crippen LogP contribution in [0.15, 0.2) is 23.2 Å². The summed E-state index contributed by atoms with van der Waals surface area (Å²) in [6.07, 6.45) is 5.21. The van der Waals surface area contributed by atoms with Crippen LogP contribution in [0.4, 0.5) is 0 Å². The van der Waals surface area contributed by atoms with Gasteiger partial charge in [0.1, 0.15) is 5.75 Å². The number of guanidine groups is 1. The monoisotopic (exact) mass is 500 g/mol. The van der Waals surface area contributed by atoms with Gasteiger partial charge in [0, 0.05) is 25.2 Å². The molecule has 0 spiro atoms. The zero-order valence-corrected chi connectivity index (χ0v) is 20.0. The van der Waals surface area contributed by atoms with Crippen LogP contribution in [0.1, 0.15) is 43.7 Å². The van der Waals surface area contributed by atoms with Crippen molar-refractivity contribution in [1.29, 1.82) is 0 Å². The Hall–Kier alpha value is -1.02. The maximum Gasteiger partial charge on any atom is 0.191 e. The largest absolute Gasteiger partial charge is 0.493 e. The lowest BCUT2D eigenvalue weighted by Gasteiger charge is -2.30. The number of hydrogen-bond donors (Lipinski definition) is 2. The molecule has 28 heavy (non-hydrogen) atoms.